The average molecular weight is 393 g/mol. The highest BCUT2D eigenvalue weighted by Crippen LogP contribution is 2.16. The maximum atomic E-state index is 12.5. The fourth-order valence-electron chi connectivity index (χ4n) is 2.94. The normalized spacial score (nSPS) is 10.9. The third-order valence-corrected chi connectivity index (χ3v) is 4.69. The molecule has 0 fully saturated rings. The number of hydrogen-bond donors (Lipinski definition) is 0. The van der Waals surface area contributed by atoms with Crippen LogP contribution in [0.4, 0.5) is 0 Å². The molecular weight excluding hydrogens is 366 g/mol. The van der Waals surface area contributed by atoms with Crippen molar-refractivity contribution in [2.24, 2.45) is 0 Å². The number of ether oxygens (including phenoxy) is 2. The summed E-state index contributed by atoms with van der Waals surface area (Å²) in [7, 11) is 0. The van der Waals surface area contributed by atoms with Gasteiger partial charge in [0.25, 0.3) is 5.56 Å². The van der Waals surface area contributed by atoms with E-state index in [2.05, 4.69) is 23.7 Å². The molecule has 152 valence electrons. The fourth-order valence-corrected chi connectivity index (χ4v) is 2.94. The Morgan fingerprint density at radius 1 is 0.966 bits per heavy atom. The maximum absolute atomic E-state index is 12.5. The predicted octanol–water partition coefficient (Wildman–Crippen LogP) is 3.53. The zero-order chi connectivity index (χ0) is 20.5. The summed E-state index contributed by atoms with van der Waals surface area (Å²) in [5.74, 6) is 1.32. The van der Waals surface area contributed by atoms with Crippen LogP contribution in [-0.4, -0.2) is 40.7 Å². The van der Waals surface area contributed by atoms with E-state index in [0.717, 1.165) is 36.8 Å². The van der Waals surface area contributed by atoms with Crippen molar-refractivity contribution in [2.45, 2.75) is 20.5 Å². The van der Waals surface area contributed by atoms with Crippen molar-refractivity contribution >= 4 is 0 Å². The smallest absolute Gasteiger partial charge is 0.258 e. The van der Waals surface area contributed by atoms with Crippen LogP contribution in [0.15, 0.2) is 71.8 Å². The van der Waals surface area contributed by atoms with E-state index in [0.29, 0.717) is 19.0 Å². The van der Waals surface area contributed by atoms with Crippen molar-refractivity contribution in [1.29, 1.82) is 0 Å². The molecule has 6 nitrogen and oxygen atoms in total. The summed E-state index contributed by atoms with van der Waals surface area (Å²) in [5.41, 5.74) is 1.44. The fraction of sp³-hybridized carbons (Fsp3) is 0.304. The highest BCUT2D eigenvalue weighted by atomic mass is 16.5. The lowest BCUT2D eigenvalue weighted by Crippen LogP contribution is -2.27. The molecule has 1 aromatic carbocycles. The summed E-state index contributed by atoms with van der Waals surface area (Å²) in [4.78, 5) is 19.0. The number of rotatable bonds is 10. The van der Waals surface area contributed by atoms with Gasteiger partial charge in [-0.2, -0.15) is 0 Å². The van der Waals surface area contributed by atoms with Crippen LogP contribution in [0.3, 0.4) is 0 Å². The first-order valence-electron chi connectivity index (χ1n) is 9.90. The van der Waals surface area contributed by atoms with Gasteiger partial charge in [0.2, 0.25) is 0 Å². The van der Waals surface area contributed by atoms with Gasteiger partial charge in [-0.1, -0.05) is 19.9 Å². The Morgan fingerprint density at radius 3 is 2.41 bits per heavy atom. The molecule has 3 aromatic rings. The lowest BCUT2D eigenvalue weighted by atomic mass is 10.3. The monoisotopic (exact) mass is 393 g/mol. The van der Waals surface area contributed by atoms with Crippen LogP contribution in [0.2, 0.25) is 0 Å². The van der Waals surface area contributed by atoms with Crippen LogP contribution in [0.5, 0.6) is 11.5 Å². The van der Waals surface area contributed by atoms with Gasteiger partial charge in [0.1, 0.15) is 24.7 Å². The van der Waals surface area contributed by atoms with Crippen LogP contribution in [0.1, 0.15) is 19.5 Å². The summed E-state index contributed by atoms with van der Waals surface area (Å²) < 4.78 is 13.0. The van der Waals surface area contributed by atoms with E-state index in [1.54, 1.807) is 23.0 Å². The van der Waals surface area contributed by atoms with Gasteiger partial charge < -0.3 is 14.4 Å². The van der Waals surface area contributed by atoms with Crippen molar-refractivity contribution in [3.63, 3.8) is 0 Å². The Balaban J connectivity index is 1.59. The average Bonchev–Trinajstić information content (AvgIpc) is 2.77. The Labute approximate surface area is 171 Å². The standard InChI is InChI=1S/C23H27N3O3/c1-3-25(4-2)15-16-28-21-10-8-20(9-11-21)26-14-12-22(17-23(26)27)29-18-19-7-5-6-13-24-19/h5-14,17H,3-4,15-16,18H2,1-2H3. The van der Waals surface area contributed by atoms with Gasteiger partial charge in [-0.3, -0.25) is 14.3 Å². The number of aromatic nitrogens is 2. The molecule has 2 heterocycles. The van der Waals surface area contributed by atoms with Gasteiger partial charge in [-0.25, -0.2) is 0 Å². The molecule has 0 saturated carbocycles. The van der Waals surface area contributed by atoms with Crippen molar-refractivity contribution in [2.75, 3.05) is 26.2 Å². The third-order valence-electron chi connectivity index (χ3n) is 4.69. The Hall–Kier alpha value is -3.12. The molecule has 0 unspecified atom stereocenters. The molecule has 6 heteroatoms. The zero-order valence-corrected chi connectivity index (χ0v) is 17.0. The third kappa shape index (κ3) is 5.93. The first-order valence-corrected chi connectivity index (χ1v) is 9.90. The number of nitrogens with zero attached hydrogens (tertiary/aromatic N) is 3. The minimum Gasteiger partial charge on any atom is -0.492 e. The lowest BCUT2D eigenvalue weighted by molar-refractivity contribution is 0.223. The van der Waals surface area contributed by atoms with E-state index >= 15 is 0 Å². The second kappa shape index (κ2) is 10.4. The molecule has 0 bridgehead atoms. The molecule has 0 spiro atoms. The molecule has 2 aromatic heterocycles. The minimum atomic E-state index is -0.154. The molecule has 0 N–H and O–H groups in total. The summed E-state index contributed by atoms with van der Waals surface area (Å²) in [6.45, 7) is 8.18. The molecular formula is C23H27N3O3. The van der Waals surface area contributed by atoms with Gasteiger partial charge in [-0.15, -0.1) is 0 Å². The van der Waals surface area contributed by atoms with E-state index in [-0.39, 0.29) is 5.56 Å². The van der Waals surface area contributed by atoms with E-state index < -0.39 is 0 Å². The van der Waals surface area contributed by atoms with Crippen molar-refractivity contribution in [3.05, 3.63) is 83.0 Å². The van der Waals surface area contributed by atoms with Crippen LogP contribution in [0.25, 0.3) is 5.69 Å². The van der Waals surface area contributed by atoms with Crippen LogP contribution >= 0.6 is 0 Å². The second-order valence-electron chi connectivity index (χ2n) is 6.55. The highest BCUT2D eigenvalue weighted by molar-refractivity contribution is 5.38. The van der Waals surface area contributed by atoms with Gasteiger partial charge in [0.15, 0.2) is 0 Å². The first kappa shape index (κ1) is 20.6. The van der Waals surface area contributed by atoms with Crippen LogP contribution in [-0.2, 0) is 6.61 Å². The molecule has 0 atom stereocenters. The summed E-state index contributed by atoms with van der Waals surface area (Å²) >= 11 is 0. The number of hydrogen-bond acceptors (Lipinski definition) is 5. The van der Waals surface area contributed by atoms with Gasteiger partial charge >= 0.3 is 0 Å². The molecule has 0 aliphatic carbocycles. The van der Waals surface area contributed by atoms with E-state index in [4.69, 9.17) is 9.47 Å². The van der Waals surface area contributed by atoms with Crippen molar-refractivity contribution in [3.8, 4) is 17.2 Å². The highest BCUT2D eigenvalue weighted by Gasteiger charge is 2.04. The Bertz CT molecular complexity index is 936. The van der Waals surface area contributed by atoms with E-state index in [1.807, 2.05) is 42.5 Å². The molecule has 0 aliphatic rings. The van der Waals surface area contributed by atoms with Crippen LogP contribution in [0, 0.1) is 0 Å². The Morgan fingerprint density at radius 2 is 1.76 bits per heavy atom. The van der Waals surface area contributed by atoms with E-state index in [1.165, 1.54) is 6.07 Å². The summed E-state index contributed by atoms with van der Waals surface area (Å²) in [5, 5.41) is 0. The zero-order valence-electron chi connectivity index (χ0n) is 17.0. The molecule has 3 rings (SSSR count). The largest absolute Gasteiger partial charge is 0.492 e. The molecule has 29 heavy (non-hydrogen) atoms. The SMILES string of the molecule is CCN(CC)CCOc1ccc(-n2ccc(OCc3ccccn3)cc2=O)cc1. The van der Waals surface area contributed by atoms with Gasteiger partial charge in [0.05, 0.1) is 5.69 Å². The molecule has 0 radical (unpaired) electrons. The van der Waals surface area contributed by atoms with Gasteiger partial charge in [-0.05, 0) is 55.6 Å². The van der Waals surface area contributed by atoms with E-state index in [9.17, 15) is 4.79 Å². The lowest BCUT2D eigenvalue weighted by Gasteiger charge is -2.18. The molecule has 0 aliphatic heterocycles. The number of benzene rings is 1. The van der Waals surface area contributed by atoms with Crippen LogP contribution < -0.4 is 15.0 Å². The number of likely N-dealkylation sites (N-methyl/N-ethyl adjacent to an activating group) is 1. The molecule has 0 amide bonds. The number of pyridine rings is 2. The molecule has 0 saturated heterocycles. The quantitative estimate of drug-likeness (QED) is 0.527. The predicted molar refractivity (Wildman–Crippen MR) is 114 cm³/mol. The minimum absolute atomic E-state index is 0.154. The van der Waals surface area contributed by atoms with Crippen molar-refractivity contribution in [1.82, 2.24) is 14.5 Å². The summed E-state index contributed by atoms with van der Waals surface area (Å²) in [6, 6.07) is 16.4. The maximum Gasteiger partial charge on any atom is 0.258 e. The summed E-state index contributed by atoms with van der Waals surface area (Å²) in [6.07, 6.45) is 3.43. The van der Waals surface area contributed by atoms with Gasteiger partial charge in [0, 0.05) is 30.7 Å². The second-order valence-corrected chi connectivity index (χ2v) is 6.55. The first-order chi connectivity index (χ1) is 14.2. The van der Waals surface area contributed by atoms with Crippen molar-refractivity contribution < 1.29 is 9.47 Å². The topological polar surface area (TPSA) is 56.6 Å². The Kier molecular flexibility index (Phi) is 7.41.